The summed E-state index contributed by atoms with van der Waals surface area (Å²) in [6.45, 7) is 7.68. The van der Waals surface area contributed by atoms with Gasteiger partial charge in [0.25, 0.3) is 0 Å². The quantitative estimate of drug-likeness (QED) is 0.821. The van der Waals surface area contributed by atoms with Crippen LogP contribution in [0, 0.1) is 5.41 Å². The van der Waals surface area contributed by atoms with Gasteiger partial charge in [0, 0.05) is 25.5 Å². The van der Waals surface area contributed by atoms with E-state index in [2.05, 4.69) is 9.88 Å². The first-order valence-electron chi connectivity index (χ1n) is 5.80. The van der Waals surface area contributed by atoms with Crippen LogP contribution in [0.3, 0.4) is 0 Å². The van der Waals surface area contributed by atoms with Gasteiger partial charge in [-0.25, -0.2) is 0 Å². The minimum atomic E-state index is -0.759. The third-order valence-electron chi connectivity index (χ3n) is 2.80. The van der Waals surface area contributed by atoms with Gasteiger partial charge in [0.2, 0.25) is 0 Å². The average molecular weight is 236 g/mol. The number of nitrogens with zero attached hydrogens (tertiary/aromatic N) is 2. The minimum Gasteiger partial charge on any atom is -0.481 e. The molecule has 4 heteroatoms. The van der Waals surface area contributed by atoms with Crippen molar-refractivity contribution in [2.45, 2.75) is 27.3 Å². The summed E-state index contributed by atoms with van der Waals surface area (Å²) in [4.78, 5) is 17.2. The van der Waals surface area contributed by atoms with Gasteiger partial charge in [0.05, 0.1) is 5.41 Å². The molecular weight excluding hydrogens is 216 g/mol. The van der Waals surface area contributed by atoms with Gasteiger partial charge in [-0.05, 0) is 38.1 Å². The Balaban J connectivity index is 2.64. The van der Waals surface area contributed by atoms with Gasteiger partial charge in [-0.2, -0.15) is 0 Å². The van der Waals surface area contributed by atoms with Crippen LogP contribution in [0.5, 0.6) is 0 Å². The van der Waals surface area contributed by atoms with E-state index in [1.807, 2.05) is 19.1 Å². The molecule has 17 heavy (non-hydrogen) atoms. The standard InChI is InChI=1S/C13H20N2O2/c1-4-15(10-13(2,3)12(16)17)9-11-5-7-14-8-6-11/h5-8H,4,9-10H2,1-3H3,(H,16,17). The molecule has 0 aliphatic carbocycles. The fourth-order valence-electron chi connectivity index (χ4n) is 1.65. The molecule has 1 aromatic rings. The average Bonchev–Trinajstić information content (AvgIpc) is 2.29. The Morgan fingerprint density at radius 1 is 1.41 bits per heavy atom. The number of hydrogen-bond acceptors (Lipinski definition) is 3. The van der Waals surface area contributed by atoms with E-state index >= 15 is 0 Å². The van der Waals surface area contributed by atoms with Crippen LogP contribution in [-0.2, 0) is 11.3 Å². The fraction of sp³-hybridized carbons (Fsp3) is 0.538. The Morgan fingerprint density at radius 2 is 2.00 bits per heavy atom. The van der Waals surface area contributed by atoms with Crippen molar-refractivity contribution in [3.63, 3.8) is 0 Å². The van der Waals surface area contributed by atoms with Crippen molar-refractivity contribution < 1.29 is 9.90 Å². The molecule has 1 N–H and O–H groups in total. The second kappa shape index (κ2) is 5.77. The Kier molecular flexibility index (Phi) is 4.63. The molecule has 0 aliphatic heterocycles. The van der Waals surface area contributed by atoms with Crippen molar-refractivity contribution in [3.05, 3.63) is 30.1 Å². The maximum absolute atomic E-state index is 11.1. The van der Waals surface area contributed by atoms with E-state index in [1.54, 1.807) is 26.2 Å². The van der Waals surface area contributed by atoms with E-state index in [-0.39, 0.29) is 0 Å². The van der Waals surface area contributed by atoms with E-state index in [4.69, 9.17) is 5.11 Å². The maximum Gasteiger partial charge on any atom is 0.310 e. The van der Waals surface area contributed by atoms with Crippen LogP contribution in [0.25, 0.3) is 0 Å². The molecule has 0 atom stereocenters. The monoisotopic (exact) mass is 236 g/mol. The fourth-order valence-corrected chi connectivity index (χ4v) is 1.65. The second-order valence-corrected chi connectivity index (χ2v) is 4.85. The highest BCUT2D eigenvalue weighted by atomic mass is 16.4. The molecule has 94 valence electrons. The van der Waals surface area contributed by atoms with Gasteiger partial charge in [0.15, 0.2) is 0 Å². The summed E-state index contributed by atoms with van der Waals surface area (Å²) in [5.41, 5.74) is 0.436. The van der Waals surface area contributed by atoms with Crippen molar-refractivity contribution in [3.8, 4) is 0 Å². The van der Waals surface area contributed by atoms with Crippen LogP contribution >= 0.6 is 0 Å². The number of hydrogen-bond donors (Lipinski definition) is 1. The largest absolute Gasteiger partial charge is 0.481 e. The number of aromatic nitrogens is 1. The highest BCUT2D eigenvalue weighted by Gasteiger charge is 2.29. The highest BCUT2D eigenvalue weighted by Crippen LogP contribution is 2.18. The Hall–Kier alpha value is -1.42. The van der Waals surface area contributed by atoms with Crippen molar-refractivity contribution in [2.75, 3.05) is 13.1 Å². The van der Waals surface area contributed by atoms with Crippen LogP contribution in [0.15, 0.2) is 24.5 Å². The first-order chi connectivity index (χ1) is 7.95. The zero-order chi connectivity index (χ0) is 12.9. The molecule has 1 heterocycles. The molecule has 0 radical (unpaired) electrons. The van der Waals surface area contributed by atoms with Gasteiger partial charge in [-0.3, -0.25) is 14.7 Å². The molecule has 1 aromatic heterocycles. The van der Waals surface area contributed by atoms with Crippen molar-refractivity contribution in [1.82, 2.24) is 9.88 Å². The lowest BCUT2D eigenvalue weighted by atomic mass is 9.93. The number of carboxylic acids is 1. The number of carboxylic acid groups (broad SMARTS) is 1. The van der Waals surface area contributed by atoms with E-state index in [9.17, 15) is 4.79 Å². The second-order valence-electron chi connectivity index (χ2n) is 4.85. The molecule has 0 saturated heterocycles. The third-order valence-corrected chi connectivity index (χ3v) is 2.80. The van der Waals surface area contributed by atoms with Gasteiger partial charge in [0.1, 0.15) is 0 Å². The highest BCUT2D eigenvalue weighted by molar-refractivity contribution is 5.73. The smallest absolute Gasteiger partial charge is 0.310 e. The van der Waals surface area contributed by atoms with Gasteiger partial charge >= 0.3 is 5.97 Å². The molecule has 0 aliphatic rings. The number of carbonyl (C=O) groups is 1. The van der Waals surface area contributed by atoms with Gasteiger partial charge < -0.3 is 5.11 Å². The third kappa shape index (κ3) is 4.15. The van der Waals surface area contributed by atoms with Crippen LogP contribution in [0.1, 0.15) is 26.3 Å². The van der Waals surface area contributed by atoms with E-state index < -0.39 is 11.4 Å². The van der Waals surface area contributed by atoms with Gasteiger partial charge in [-0.15, -0.1) is 0 Å². The molecule has 0 bridgehead atoms. The SMILES string of the molecule is CCN(Cc1ccncc1)CC(C)(C)C(=O)O. The van der Waals surface area contributed by atoms with E-state index in [0.717, 1.165) is 18.7 Å². The Labute approximate surface area is 102 Å². The molecule has 0 spiro atoms. The summed E-state index contributed by atoms with van der Waals surface area (Å²) in [5.74, 6) is -0.759. The topological polar surface area (TPSA) is 53.4 Å². The number of rotatable bonds is 6. The predicted molar refractivity (Wildman–Crippen MR) is 66.6 cm³/mol. The van der Waals surface area contributed by atoms with Crippen LogP contribution in [-0.4, -0.2) is 34.0 Å². The van der Waals surface area contributed by atoms with Crippen molar-refractivity contribution in [1.29, 1.82) is 0 Å². The predicted octanol–water partition coefficient (Wildman–Crippen LogP) is 2.01. The molecule has 1 rings (SSSR count). The summed E-state index contributed by atoms with van der Waals surface area (Å²) < 4.78 is 0. The lowest BCUT2D eigenvalue weighted by molar-refractivity contribution is -0.148. The molecule has 0 amide bonds. The summed E-state index contributed by atoms with van der Waals surface area (Å²) in [7, 11) is 0. The van der Waals surface area contributed by atoms with Crippen LogP contribution in [0.4, 0.5) is 0 Å². The Morgan fingerprint density at radius 3 is 2.47 bits per heavy atom. The number of pyridine rings is 1. The number of aliphatic carboxylic acids is 1. The molecule has 0 fully saturated rings. The van der Waals surface area contributed by atoms with Crippen molar-refractivity contribution in [2.24, 2.45) is 5.41 Å². The Bertz CT molecular complexity index is 363. The summed E-state index contributed by atoms with van der Waals surface area (Å²) in [5, 5.41) is 9.12. The summed E-state index contributed by atoms with van der Waals surface area (Å²) in [6.07, 6.45) is 3.51. The molecule has 4 nitrogen and oxygen atoms in total. The first-order valence-corrected chi connectivity index (χ1v) is 5.80. The van der Waals surface area contributed by atoms with Crippen molar-refractivity contribution >= 4 is 5.97 Å². The molecule has 0 aromatic carbocycles. The normalized spacial score (nSPS) is 11.8. The molecule has 0 unspecified atom stereocenters. The minimum absolute atomic E-state index is 0.543. The lowest BCUT2D eigenvalue weighted by Gasteiger charge is -2.28. The van der Waals surface area contributed by atoms with Gasteiger partial charge in [-0.1, -0.05) is 6.92 Å². The summed E-state index contributed by atoms with van der Waals surface area (Å²) in [6, 6.07) is 3.91. The lowest BCUT2D eigenvalue weighted by Crippen LogP contribution is -2.38. The maximum atomic E-state index is 11.1. The van der Waals surface area contributed by atoms with E-state index in [0.29, 0.717) is 6.54 Å². The first kappa shape index (κ1) is 13.6. The zero-order valence-electron chi connectivity index (χ0n) is 10.7. The van der Waals surface area contributed by atoms with Crippen LogP contribution in [0.2, 0.25) is 0 Å². The van der Waals surface area contributed by atoms with Crippen LogP contribution < -0.4 is 0 Å². The summed E-state index contributed by atoms with van der Waals surface area (Å²) >= 11 is 0. The molecule has 0 saturated carbocycles. The zero-order valence-corrected chi connectivity index (χ0v) is 10.7. The molecular formula is C13H20N2O2. The van der Waals surface area contributed by atoms with E-state index in [1.165, 1.54) is 0 Å².